The number of benzene rings is 1. The molecular formula is C17H25O2Y-. The van der Waals surface area contributed by atoms with Crippen molar-refractivity contribution in [1.29, 1.82) is 0 Å². The average molecular weight is 350 g/mol. The first-order valence-electron chi connectivity index (χ1n) is 7.05. The summed E-state index contributed by atoms with van der Waals surface area (Å²) in [5.41, 5.74) is 2.20. The zero-order valence-electron chi connectivity index (χ0n) is 13.5. The van der Waals surface area contributed by atoms with Gasteiger partial charge >= 0.3 is 0 Å². The molecule has 0 aliphatic heterocycles. The summed E-state index contributed by atoms with van der Waals surface area (Å²) in [4.78, 5) is 12.0. The summed E-state index contributed by atoms with van der Waals surface area (Å²) in [7, 11) is 0. The fraction of sp³-hybridized carbons (Fsp3) is 0.529. The molecule has 0 amide bonds. The Hall–Kier alpha value is -0.336. The predicted molar refractivity (Wildman–Crippen MR) is 79.5 cm³/mol. The molecule has 1 aromatic rings. The molecule has 0 saturated carbocycles. The van der Waals surface area contributed by atoms with Crippen LogP contribution in [0.1, 0.15) is 70.9 Å². The van der Waals surface area contributed by atoms with Gasteiger partial charge in [-0.2, -0.15) is 13.3 Å². The number of carbonyl (C=O) groups excluding carboxylic acids is 1. The molecule has 0 aromatic heterocycles. The molecule has 0 atom stereocenters. The summed E-state index contributed by atoms with van der Waals surface area (Å²) >= 11 is 0. The van der Waals surface area contributed by atoms with Crippen LogP contribution in [0.3, 0.4) is 0 Å². The van der Waals surface area contributed by atoms with Crippen molar-refractivity contribution in [3.63, 3.8) is 0 Å². The number of hydrogen-bond donors (Lipinski definition) is 0. The Morgan fingerprint density at radius 3 is 1.95 bits per heavy atom. The van der Waals surface area contributed by atoms with E-state index in [4.69, 9.17) is 4.74 Å². The second kappa shape index (κ2) is 8.84. The molecule has 0 saturated heterocycles. The number of carbonyl (C=O) groups is 1. The maximum absolute atomic E-state index is 12.0. The van der Waals surface area contributed by atoms with E-state index in [0.717, 1.165) is 29.2 Å². The van der Waals surface area contributed by atoms with Crippen LogP contribution in [-0.2, 0) is 37.5 Å². The van der Waals surface area contributed by atoms with E-state index in [1.54, 1.807) is 0 Å². The third kappa shape index (κ3) is 4.89. The first kappa shape index (κ1) is 19.7. The van der Waals surface area contributed by atoms with E-state index >= 15 is 0 Å². The van der Waals surface area contributed by atoms with Gasteiger partial charge in [0.25, 0.3) is 0 Å². The van der Waals surface area contributed by atoms with Crippen molar-refractivity contribution in [2.45, 2.75) is 59.8 Å². The van der Waals surface area contributed by atoms with Gasteiger partial charge in [-0.15, -0.1) is 0 Å². The monoisotopic (exact) mass is 350 g/mol. The van der Waals surface area contributed by atoms with E-state index in [2.05, 4.69) is 27.7 Å². The molecule has 0 fully saturated rings. The van der Waals surface area contributed by atoms with E-state index in [0.29, 0.717) is 11.8 Å². The van der Waals surface area contributed by atoms with Crippen molar-refractivity contribution in [1.82, 2.24) is 0 Å². The summed E-state index contributed by atoms with van der Waals surface area (Å²) < 4.78 is 5.68. The molecule has 1 radical (unpaired) electrons. The van der Waals surface area contributed by atoms with Crippen LogP contribution >= 0.6 is 0 Å². The van der Waals surface area contributed by atoms with Crippen LogP contribution in [0.25, 0.3) is 0 Å². The van der Waals surface area contributed by atoms with E-state index in [1.807, 2.05) is 32.0 Å². The average Bonchev–Trinajstić information content (AvgIpc) is 2.37. The van der Waals surface area contributed by atoms with Crippen LogP contribution in [-0.4, -0.2) is 5.97 Å². The summed E-state index contributed by atoms with van der Waals surface area (Å²) in [5, 5.41) is 0. The van der Waals surface area contributed by atoms with Crippen LogP contribution in [0, 0.1) is 5.92 Å². The van der Waals surface area contributed by atoms with Gasteiger partial charge in [-0.25, -0.2) is 0 Å². The van der Waals surface area contributed by atoms with Gasteiger partial charge in [0, 0.05) is 32.7 Å². The molecular weight excluding hydrogens is 325 g/mol. The maximum Gasteiger partial charge on any atom is 0.177 e. The van der Waals surface area contributed by atoms with Crippen LogP contribution in [0.15, 0.2) is 18.2 Å². The Kier molecular flexibility index (Phi) is 8.69. The molecule has 1 aromatic carbocycles. The minimum atomic E-state index is -0.211. The van der Waals surface area contributed by atoms with Crippen molar-refractivity contribution < 1.29 is 42.2 Å². The Labute approximate surface area is 148 Å². The van der Waals surface area contributed by atoms with Crippen LogP contribution in [0.4, 0.5) is 0 Å². The normalized spacial score (nSPS) is 10.4. The number of ether oxygens (including phenoxy) is 1. The standard InChI is InChI=1S/C17H25O2.Y/c1-7-13(6)17(18)19-16-14(11(2)3)9-8-10-15(16)12(4)5;/h8-12H,7H2,1-6H3;/q-1;. The molecule has 1 rings (SSSR count). The zero-order valence-corrected chi connectivity index (χ0v) is 16.3. The quantitative estimate of drug-likeness (QED) is 0.431. The number of hydrogen-bond acceptors (Lipinski definition) is 2. The maximum atomic E-state index is 12.0. The fourth-order valence-electron chi connectivity index (χ4n) is 1.92. The molecule has 2 nitrogen and oxygen atoms in total. The van der Waals surface area contributed by atoms with E-state index < -0.39 is 0 Å². The third-order valence-electron chi connectivity index (χ3n) is 3.39. The topological polar surface area (TPSA) is 26.3 Å². The summed E-state index contributed by atoms with van der Waals surface area (Å²) in [6.07, 6.45) is 0.722. The van der Waals surface area contributed by atoms with E-state index in [1.165, 1.54) is 0 Å². The second-order valence-corrected chi connectivity index (χ2v) is 5.60. The van der Waals surface area contributed by atoms with E-state index in [9.17, 15) is 4.79 Å². The minimum Gasteiger partial charge on any atom is -0.451 e. The Morgan fingerprint density at radius 2 is 1.60 bits per heavy atom. The van der Waals surface area contributed by atoms with Crippen molar-refractivity contribution in [3.05, 3.63) is 35.2 Å². The van der Waals surface area contributed by atoms with Crippen molar-refractivity contribution in [3.8, 4) is 5.75 Å². The Balaban J connectivity index is 0.00000361. The van der Waals surface area contributed by atoms with Gasteiger partial charge in [0.1, 0.15) is 5.75 Å². The predicted octanol–water partition coefficient (Wildman–Crippen LogP) is 4.84. The molecule has 109 valence electrons. The first-order chi connectivity index (χ1) is 8.88. The van der Waals surface area contributed by atoms with Crippen molar-refractivity contribution in [2.75, 3.05) is 0 Å². The van der Waals surface area contributed by atoms with Crippen LogP contribution in [0.5, 0.6) is 5.75 Å². The molecule has 0 heterocycles. The first-order valence-corrected chi connectivity index (χ1v) is 7.05. The van der Waals surface area contributed by atoms with Crippen molar-refractivity contribution in [2.24, 2.45) is 0 Å². The van der Waals surface area contributed by atoms with Gasteiger partial charge in [0.15, 0.2) is 5.97 Å². The Bertz CT molecular complexity index is 412. The second-order valence-electron chi connectivity index (χ2n) is 5.60. The molecule has 20 heavy (non-hydrogen) atoms. The van der Waals surface area contributed by atoms with Gasteiger partial charge in [0.2, 0.25) is 0 Å². The smallest absolute Gasteiger partial charge is 0.177 e. The molecule has 0 unspecified atom stereocenters. The van der Waals surface area contributed by atoms with Crippen LogP contribution < -0.4 is 4.74 Å². The van der Waals surface area contributed by atoms with Crippen LogP contribution in [0.2, 0.25) is 0 Å². The summed E-state index contributed by atoms with van der Waals surface area (Å²) in [5.74, 6) is 1.97. The Morgan fingerprint density at radius 1 is 1.15 bits per heavy atom. The van der Waals surface area contributed by atoms with E-state index in [-0.39, 0.29) is 38.7 Å². The number of rotatable bonds is 5. The molecule has 0 aliphatic carbocycles. The third-order valence-corrected chi connectivity index (χ3v) is 3.39. The number of para-hydroxylation sites is 1. The summed E-state index contributed by atoms with van der Waals surface area (Å²) in [6, 6.07) is 6.12. The SMILES string of the molecule is CC[C-](C)C(=O)Oc1c(C(C)C)cccc1C(C)C.[Y]. The molecule has 0 N–H and O–H groups in total. The molecule has 0 spiro atoms. The van der Waals surface area contributed by atoms with Crippen molar-refractivity contribution >= 4 is 5.97 Å². The van der Waals surface area contributed by atoms with Gasteiger partial charge in [-0.3, -0.25) is 10.7 Å². The van der Waals surface area contributed by atoms with Gasteiger partial charge < -0.3 is 4.74 Å². The summed E-state index contributed by atoms with van der Waals surface area (Å²) in [6.45, 7) is 12.3. The van der Waals surface area contributed by atoms with Gasteiger partial charge in [-0.1, -0.05) is 52.8 Å². The largest absolute Gasteiger partial charge is 0.451 e. The van der Waals surface area contributed by atoms with Gasteiger partial charge in [0.05, 0.1) is 0 Å². The fourth-order valence-corrected chi connectivity index (χ4v) is 1.92. The molecule has 3 heteroatoms. The zero-order chi connectivity index (χ0) is 14.6. The minimum absolute atomic E-state index is 0. The van der Waals surface area contributed by atoms with Gasteiger partial charge in [-0.05, 0) is 23.0 Å². The molecule has 0 aliphatic rings. The number of esters is 1. The molecule has 0 bridgehead atoms.